The van der Waals surface area contributed by atoms with E-state index in [4.69, 9.17) is 4.98 Å². The maximum absolute atomic E-state index is 4.70. The van der Waals surface area contributed by atoms with Gasteiger partial charge in [0.25, 0.3) is 0 Å². The Morgan fingerprint density at radius 3 is 2.58 bits per heavy atom. The maximum atomic E-state index is 4.70. The Morgan fingerprint density at radius 1 is 1.16 bits per heavy atom. The second-order valence-electron chi connectivity index (χ2n) is 6.06. The molecule has 2 atom stereocenters. The zero-order valence-corrected chi connectivity index (χ0v) is 11.9. The van der Waals surface area contributed by atoms with Crippen molar-refractivity contribution in [2.24, 2.45) is 5.92 Å². The Balaban J connectivity index is 1.75. The highest BCUT2D eigenvalue weighted by molar-refractivity contribution is 5.48. The first-order valence-electron chi connectivity index (χ1n) is 7.64. The van der Waals surface area contributed by atoms with Gasteiger partial charge in [-0.05, 0) is 44.9 Å². The highest BCUT2D eigenvalue weighted by Gasteiger charge is 2.28. The van der Waals surface area contributed by atoms with Gasteiger partial charge in [0.05, 0.1) is 0 Å². The molecule has 2 fully saturated rings. The molecule has 19 heavy (non-hydrogen) atoms. The molecule has 2 aliphatic rings. The summed E-state index contributed by atoms with van der Waals surface area (Å²) in [6, 6.07) is 2.64. The van der Waals surface area contributed by atoms with Crippen molar-refractivity contribution in [3.63, 3.8) is 0 Å². The van der Waals surface area contributed by atoms with Crippen molar-refractivity contribution in [2.75, 3.05) is 17.2 Å². The van der Waals surface area contributed by atoms with Gasteiger partial charge in [0, 0.05) is 24.6 Å². The van der Waals surface area contributed by atoms with Crippen LogP contribution in [0.4, 0.5) is 11.6 Å². The van der Waals surface area contributed by atoms with Gasteiger partial charge in [-0.3, -0.25) is 0 Å². The fourth-order valence-electron chi connectivity index (χ4n) is 2.88. The smallest absolute Gasteiger partial charge is 0.136 e. The third-order valence-corrected chi connectivity index (χ3v) is 4.09. The number of aromatic nitrogens is 2. The van der Waals surface area contributed by atoms with E-state index < -0.39 is 0 Å². The van der Waals surface area contributed by atoms with Crippen molar-refractivity contribution in [1.29, 1.82) is 0 Å². The van der Waals surface area contributed by atoms with E-state index in [1.807, 2.05) is 0 Å². The van der Waals surface area contributed by atoms with E-state index in [1.165, 1.54) is 32.1 Å². The summed E-state index contributed by atoms with van der Waals surface area (Å²) in [7, 11) is 0. The van der Waals surface area contributed by atoms with Crippen LogP contribution in [-0.4, -0.2) is 22.6 Å². The first-order chi connectivity index (χ1) is 9.24. The Morgan fingerprint density at radius 2 is 1.95 bits per heavy atom. The van der Waals surface area contributed by atoms with Gasteiger partial charge in [-0.15, -0.1) is 0 Å². The third-order valence-electron chi connectivity index (χ3n) is 4.09. The van der Waals surface area contributed by atoms with E-state index in [9.17, 15) is 0 Å². The molecule has 2 unspecified atom stereocenters. The second kappa shape index (κ2) is 5.35. The molecular weight excluding hydrogens is 236 g/mol. The van der Waals surface area contributed by atoms with Crippen LogP contribution < -0.4 is 10.6 Å². The van der Waals surface area contributed by atoms with Crippen LogP contribution in [0.1, 0.15) is 57.7 Å². The molecule has 0 radical (unpaired) electrons. The van der Waals surface area contributed by atoms with E-state index in [0.717, 1.165) is 29.9 Å². The Kier molecular flexibility index (Phi) is 3.58. The first-order valence-corrected chi connectivity index (χ1v) is 7.64. The molecule has 0 aromatic carbocycles. The lowest BCUT2D eigenvalue weighted by Gasteiger charge is -2.15. The van der Waals surface area contributed by atoms with Crippen LogP contribution in [0.25, 0.3) is 0 Å². The van der Waals surface area contributed by atoms with Crippen molar-refractivity contribution >= 4 is 11.6 Å². The molecule has 1 aromatic rings. The molecule has 2 aliphatic carbocycles. The van der Waals surface area contributed by atoms with Crippen molar-refractivity contribution in [3.8, 4) is 0 Å². The minimum atomic E-state index is 0.589. The lowest BCUT2D eigenvalue weighted by molar-refractivity contribution is 0.602. The summed E-state index contributed by atoms with van der Waals surface area (Å²) >= 11 is 0. The minimum Gasteiger partial charge on any atom is -0.370 e. The Labute approximate surface area is 115 Å². The summed E-state index contributed by atoms with van der Waals surface area (Å²) in [5.74, 6) is 4.43. The van der Waals surface area contributed by atoms with Gasteiger partial charge >= 0.3 is 0 Å². The summed E-state index contributed by atoms with van der Waals surface area (Å²) in [4.78, 5) is 9.32. The highest BCUT2D eigenvalue weighted by atomic mass is 15.1. The average molecular weight is 260 g/mol. The van der Waals surface area contributed by atoms with E-state index in [0.29, 0.717) is 12.0 Å². The lowest BCUT2D eigenvalue weighted by Crippen LogP contribution is -2.17. The Hall–Kier alpha value is -1.32. The van der Waals surface area contributed by atoms with Crippen LogP contribution in [0.3, 0.4) is 0 Å². The van der Waals surface area contributed by atoms with Gasteiger partial charge in [-0.25, -0.2) is 9.97 Å². The van der Waals surface area contributed by atoms with Crippen molar-refractivity contribution in [3.05, 3.63) is 11.9 Å². The summed E-state index contributed by atoms with van der Waals surface area (Å²) in [6.07, 6.45) is 6.35. The largest absolute Gasteiger partial charge is 0.370 e. The molecule has 104 valence electrons. The summed E-state index contributed by atoms with van der Waals surface area (Å²) in [5, 5.41) is 6.92. The molecule has 0 saturated heterocycles. The number of nitrogens with one attached hydrogen (secondary N) is 2. The van der Waals surface area contributed by atoms with Crippen molar-refractivity contribution in [2.45, 2.75) is 57.9 Å². The predicted molar refractivity (Wildman–Crippen MR) is 78.6 cm³/mol. The molecule has 4 heteroatoms. The van der Waals surface area contributed by atoms with Crippen LogP contribution in [0.5, 0.6) is 0 Å². The number of hydrogen-bond acceptors (Lipinski definition) is 4. The lowest BCUT2D eigenvalue weighted by atomic mass is 10.1. The topological polar surface area (TPSA) is 49.8 Å². The number of nitrogens with zero attached hydrogens (tertiary/aromatic N) is 2. The van der Waals surface area contributed by atoms with Crippen molar-refractivity contribution < 1.29 is 0 Å². The summed E-state index contributed by atoms with van der Waals surface area (Å²) in [5.41, 5.74) is 0. The van der Waals surface area contributed by atoms with Gasteiger partial charge in [0.15, 0.2) is 0 Å². The molecule has 0 aliphatic heterocycles. The standard InChI is InChI=1S/C15H24N4/c1-3-16-13-9-14(17-12-7-4-10(2)8-12)19-15(18-13)11-5-6-11/h9-12H,3-8H2,1-2H3,(H2,16,17,18,19). The normalized spacial score (nSPS) is 26.4. The fourth-order valence-corrected chi connectivity index (χ4v) is 2.88. The number of rotatable bonds is 5. The molecule has 0 bridgehead atoms. The quantitative estimate of drug-likeness (QED) is 0.852. The van der Waals surface area contributed by atoms with Gasteiger partial charge in [-0.2, -0.15) is 0 Å². The van der Waals surface area contributed by atoms with Crippen LogP contribution in [-0.2, 0) is 0 Å². The molecule has 0 spiro atoms. The van der Waals surface area contributed by atoms with Crippen LogP contribution in [0.15, 0.2) is 6.07 Å². The van der Waals surface area contributed by atoms with Crippen LogP contribution in [0, 0.1) is 5.92 Å². The Bertz CT molecular complexity index is 442. The molecule has 1 heterocycles. The molecule has 4 nitrogen and oxygen atoms in total. The summed E-state index contributed by atoms with van der Waals surface area (Å²) in [6.45, 7) is 5.34. The summed E-state index contributed by atoms with van der Waals surface area (Å²) < 4.78 is 0. The number of hydrogen-bond donors (Lipinski definition) is 2. The van der Waals surface area contributed by atoms with E-state index in [-0.39, 0.29) is 0 Å². The van der Waals surface area contributed by atoms with Crippen molar-refractivity contribution in [1.82, 2.24) is 9.97 Å². The molecule has 0 amide bonds. The molecular formula is C15H24N4. The molecule has 3 rings (SSSR count). The van der Waals surface area contributed by atoms with E-state index in [1.54, 1.807) is 0 Å². The van der Waals surface area contributed by atoms with E-state index in [2.05, 4.69) is 35.5 Å². The van der Waals surface area contributed by atoms with Gasteiger partial charge in [0.2, 0.25) is 0 Å². The molecule has 2 saturated carbocycles. The zero-order chi connectivity index (χ0) is 13.2. The van der Waals surface area contributed by atoms with Gasteiger partial charge < -0.3 is 10.6 Å². The van der Waals surface area contributed by atoms with Crippen LogP contribution in [0.2, 0.25) is 0 Å². The highest BCUT2D eigenvalue weighted by Crippen LogP contribution is 2.39. The molecule has 2 N–H and O–H groups in total. The maximum Gasteiger partial charge on any atom is 0.136 e. The van der Waals surface area contributed by atoms with E-state index >= 15 is 0 Å². The minimum absolute atomic E-state index is 0.589. The third kappa shape index (κ3) is 3.17. The second-order valence-corrected chi connectivity index (χ2v) is 6.06. The number of anilines is 2. The zero-order valence-electron chi connectivity index (χ0n) is 11.9. The fraction of sp³-hybridized carbons (Fsp3) is 0.733. The predicted octanol–water partition coefficient (Wildman–Crippen LogP) is 3.39. The SMILES string of the molecule is CCNc1cc(NC2CCC(C)C2)nc(C2CC2)n1. The van der Waals surface area contributed by atoms with Crippen LogP contribution >= 0.6 is 0 Å². The molecule has 1 aromatic heterocycles. The van der Waals surface area contributed by atoms with Gasteiger partial charge in [-0.1, -0.05) is 6.92 Å². The first kappa shape index (κ1) is 12.7. The van der Waals surface area contributed by atoms with Gasteiger partial charge in [0.1, 0.15) is 17.5 Å². The average Bonchev–Trinajstić information content (AvgIpc) is 3.14. The monoisotopic (exact) mass is 260 g/mol.